The van der Waals surface area contributed by atoms with Crippen LogP contribution in [0.25, 0.3) is 0 Å². The molecule has 0 unspecified atom stereocenters. The SMILES string of the molecule is CONC(=O)[C@@H]1Cc2ccccc2CN1. The van der Waals surface area contributed by atoms with E-state index in [9.17, 15) is 4.79 Å². The van der Waals surface area contributed by atoms with Gasteiger partial charge in [-0.05, 0) is 17.5 Å². The second-order valence-electron chi connectivity index (χ2n) is 3.58. The summed E-state index contributed by atoms with van der Waals surface area (Å²) in [6.45, 7) is 0.734. The summed E-state index contributed by atoms with van der Waals surface area (Å²) < 4.78 is 0. The molecule has 1 aromatic rings. The first-order chi connectivity index (χ1) is 7.31. The molecule has 1 atom stereocenters. The van der Waals surface area contributed by atoms with Gasteiger partial charge < -0.3 is 5.32 Å². The summed E-state index contributed by atoms with van der Waals surface area (Å²) in [7, 11) is 1.44. The summed E-state index contributed by atoms with van der Waals surface area (Å²) in [5.41, 5.74) is 4.84. The number of hydroxylamine groups is 1. The maximum Gasteiger partial charge on any atom is 0.260 e. The molecule has 4 nitrogen and oxygen atoms in total. The van der Waals surface area contributed by atoms with Gasteiger partial charge in [0.05, 0.1) is 13.2 Å². The smallest absolute Gasteiger partial charge is 0.260 e. The lowest BCUT2D eigenvalue weighted by atomic mass is 9.96. The van der Waals surface area contributed by atoms with Crippen molar-refractivity contribution in [2.75, 3.05) is 7.11 Å². The Labute approximate surface area is 88.6 Å². The Morgan fingerprint density at radius 2 is 2.20 bits per heavy atom. The lowest BCUT2D eigenvalue weighted by Gasteiger charge is -2.24. The lowest BCUT2D eigenvalue weighted by Crippen LogP contribution is -2.47. The number of amides is 1. The minimum Gasteiger partial charge on any atom is -0.301 e. The van der Waals surface area contributed by atoms with Crippen LogP contribution in [0.4, 0.5) is 0 Å². The van der Waals surface area contributed by atoms with Gasteiger partial charge in [-0.25, -0.2) is 5.48 Å². The minimum atomic E-state index is -0.195. The molecule has 0 aliphatic carbocycles. The van der Waals surface area contributed by atoms with Gasteiger partial charge >= 0.3 is 0 Å². The van der Waals surface area contributed by atoms with Crippen molar-refractivity contribution in [3.05, 3.63) is 35.4 Å². The van der Waals surface area contributed by atoms with Crippen LogP contribution in [0.15, 0.2) is 24.3 Å². The predicted octanol–water partition coefficient (Wildman–Crippen LogP) is 0.378. The molecule has 1 aromatic carbocycles. The topological polar surface area (TPSA) is 50.4 Å². The fourth-order valence-electron chi connectivity index (χ4n) is 1.81. The quantitative estimate of drug-likeness (QED) is 0.688. The molecule has 2 rings (SSSR count). The summed E-state index contributed by atoms with van der Waals surface area (Å²) >= 11 is 0. The average Bonchev–Trinajstić information content (AvgIpc) is 2.29. The van der Waals surface area contributed by atoms with Gasteiger partial charge in [0.1, 0.15) is 0 Å². The van der Waals surface area contributed by atoms with Gasteiger partial charge in [0.15, 0.2) is 0 Å². The van der Waals surface area contributed by atoms with E-state index in [-0.39, 0.29) is 11.9 Å². The predicted molar refractivity (Wildman–Crippen MR) is 55.9 cm³/mol. The average molecular weight is 206 g/mol. The van der Waals surface area contributed by atoms with E-state index in [0.29, 0.717) is 6.42 Å². The standard InChI is InChI=1S/C11H14N2O2/c1-15-13-11(14)10-6-8-4-2-3-5-9(8)7-12-10/h2-5,10,12H,6-7H2,1H3,(H,13,14)/t10-/m0/s1. The van der Waals surface area contributed by atoms with Gasteiger partial charge in [-0.2, -0.15) is 0 Å². The molecule has 0 spiro atoms. The first kappa shape index (κ1) is 10.1. The molecular weight excluding hydrogens is 192 g/mol. The maximum absolute atomic E-state index is 11.5. The third-order valence-corrected chi connectivity index (χ3v) is 2.60. The largest absolute Gasteiger partial charge is 0.301 e. The Morgan fingerprint density at radius 3 is 2.93 bits per heavy atom. The molecule has 1 heterocycles. The Kier molecular flexibility index (Phi) is 2.99. The molecule has 1 aliphatic rings. The Balaban J connectivity index is 2.08. The fraction of sp³-hybridized carbons (Fsp3) is 0.364. The molecule has 0 fully saturated rings. The number of nitrogens with one attached hydrogen (secondary N) is 2. The first-order valence-electron chi connectivity index (χ1n) is 4.94. The third-order valence-electron chi connectivity index (χ3n) is 2.60. The number of carbonyl (C=O) groups is 1. The van der Waals surface area contributed by atoms with Gasteiger partial charge in [-0.3, -0.25) is 9.63 Å². The molecule has 0 saturated carbocycles. The van der Waals surface area contributed by atoms with E-state index in [2.05, 4.69) is 27.8 Å². The molecular formula is C11H14N2O2. The zero-order valence-corrected chi connectivity index (χ0v) is 8.62. The molecule has 4 heteroatoms. The Morgan fingerprint density at radius 1 is 1.47 bits per heavy atom. The van der Waals surface area contributed by atoms with Crippen LogP contribution in [-0.2, 0) is 22.6 Å². The number of benzene rings is 1. The highest BCUT2D eigenvalue weighted by atomic mass is 16.6. The highest BCUT2D eigenvalue weighted by Gasteiger charge is 2.23. The molecule has 15 heavy (non-hydrogen) atoms. The summed E-state index contributed by atoms with van der Waals surface area (Å²) in [6.07, 6.45) is 0.714. The Hall–Kier alpha value is -1.39. The molecule has 2 N–H and O–H groups in total. The zero-order valence-electron chi connectivity index (χ0n) is 8.62. The van der Waals surface area contributed by atoms with Crippen LogP contribution in [0, 0.1) is 0 Å². The van der Waals surface area contributed by atoms with Crippen LogP contribution in [0.5, 0.6) is 0 Å². The second-order valence-corrected chi connectivity index (χ2v) is 3.58. The van der Waals surface area contributed by atoms with Crippen molar-refractivity contribution in [2.45, 2.75) is 19.0 Å². The highest BCUT2D eigenvalue weighted by Crippen LogP contribution is 2.15. The number of fused-ring (bicyclic) bond motifs is 1. The number of rotatable bonds is 2. The minimum absolute atomic E-state index is 0.119. The molecule has 80 valence electrons. The van der Waals surface area contributed by atoms with E-state index in [0.717, 1.165) is 6.54 Å². The number of carbonyl (C=O) groups excluding carboxylic acids is 1. The van der Waals surface area contributed by atoms with Crippen LogP contribution < -0.4 is 10.8 Å². The lowest BCUT2D eigenvalue weighted by molar-refractivity contribution is -0.133. The molecule has 0 aromatic heterocycles. The van der Waals surface area contributed by atoms with Crippen molar-refractivity contribution >= 4 is 5.91 Å². The molecule has 1 amide bonds. The van der Waals surface area contributed by atoms with Crippen molar-refractivity contribution < 1.29 is 9.63 Å². The summed E-state index contributed by atoms with van der Waals surface area (Å²) in [5, 5.41) is 3.17. The van der Waals surface area contributed by atoms with E-state index >= 15 is 0 Å². The van der Waals surface area contributed by atoms with Gasteiger partial charge in [0.25, 0.3) is 5.91 Å². The van der Waals surface area contributed by atoms with Gasteiger partial charge in [-0.15, -0.1) is 0 Å². The van der Waals surface area contributed by atoms with Gasteiger partial charge in [0.2, 0.25) is 0 Å². The van der Waals surface area contributed by atoms with Gasteiger partial charge in [0, 0.05) is 6.54 Å². The van der Waals surface area contributed by atoms with Gasteiger partial charge in [-0.1, -0.05) is 24.3 Å². The van der Waals surface area contributed by atoms with Crippen LogP contribution in [0.1, 0.15) is 11.1 Å². The summed E-state index contributed by atoms with van der Waals surface area (Å²) in [6, 6.07) is 7.95. The first-order valence-corrected chi connectivity index (χ1v) is 4.94. The summed E-state index contributed by atoms with van der Waals surface area (Å²) in [4.78, 5) is 16.1. The van der Waals surface area contributed by atoms with E-state index < -0.39 is 0 Å². The van der Waals surface area contributed by atoms with Crippen molar-refractivity contribution in [3.8, 4) is 0 Å². The van der Waals surface area contributed by atoms with Crippen molar-refractivity contribution in [1.82, 2.24) is 10.8 Å². The van der Waals surface area contributed by atoms with Crippen LogP contribution in [0.2, 0.25) is 0 Å². The highest BCUT2D eigenvalue weighted by molar-refractivity contribution is 5.81. The Bertz CT molecular complexity index is 365. The third kappa shape index (κ3) is 2.16. The monoisotopic (exact) mass is 206 g/mol. The molecule has 1 aliphatic heterocycles. The van der Waals surface area contributed by atoms with Crippen LogP contribution in [-0.4, -0.2) is 19.1 Å². The molecule has 0 bridgehead atoms. The number of hydrogen-bond donors (Lipinski definition) is 2. The van der Waals surface area contributed by atoms with Crippen LogP contribution >= 0.6 is 0 Å². The molecule has 0 saturated heterocycles. The van der Waals surface area contributed by atoms with E-state index in [1.807, 2.05) is 12.1 Å². The normalized spacial score (nSPS) is 19.4. The maximum atomic E-state index is 11.5. The van der Waals surface area contributed by atoms with Crippen molar-refractivity contribution in [1.29, 1.82) is 0 Å². The van der Waals surface area contributed by atoms with Crippen molar-refractivity contribution in [3.63, 3.8) is 0 Å². The van der Waals surface area contributed by atoms with E-state index in [1.165, 1.54) is 18.2 Å². The molecule has 0 radical (unpaired) electrons. The van der Waals surface area contributed by atoms with Crippen molar-refractivity contribution in [2.24, 2.45) is 0 Å². The summed E-state index contributed by atoms with van der Waals surface area (Å²) in [5.74, 6) is -0.119. The zero-order chi connectivity index (χ0) is 10.7. The van der Waals surface area contributed by atoms with E-state index in [1.54, 1.807) is 0 Å². The fourth-order valence-corrected chi connectivity index (χ4v) is 1.81. The second kappa shape index (κ2) is 4.42. The number of hydrogen-bond acceptors (Lipinski definition) is 3. The van der Waals surface area contributed by atoms with Crippen LogP contribution in [0.3, 0.4) is 0 Å². The van der Waals surface area contributed by atoms with E-state index in [4.69, 9.17) is 0 Å².